The minimum absolute atomic E-state index is 0.0296. The maximum atomic E-state index is 13.6. The van der Waals surface area contributed by atoms with Crippen LogP contribution >= 0.6 is 11.6 Å². The molecule has 0 spiro atoms. The first-order valence-corrected chi connectivity index (χ1v) is 6.17. The number of anilines is 1. The Labute approximate surface area is 119 Å². The largest absolute Gasteiger partial charge is 0.367 e. The zero-order valence-corrected chi connectivity index (χ0v) is 10.9. The van der Waals surface area contributed by atoms with Crippen LogP contribution in [-0.4, -0.2) is 10.1 Å². The normalized spacial score (nSPS) is 10.7. The molecule has 0 atom stereocenters. The van der Waals surface area contributed by atoms with Crippen LogP contribution in [0.4, 0.5) is 10.3 Å². The molecule has 0 saturated carbocycles. The van der Waals surface area contributed by atoms with Gasteiger partial charge < -0.3 is 10.3 Å². The van der Waals surface area contributed by atoms with Crippen molar-refractivity contribution in [2.45, 2.75) is 0 Å². The monoisotopic (exact) mass is 289 g/mol. The number of rotatable bonds is 2. The van der Waals surface area contributed by atoms with E-state index in [9.17, 15) is 4.39 Å². The van der Waals surface area contributed by atoms with Gasteiger partial charge in [-0.1, -0.05) is 35.0 Å². The number of pyridine rings is 1. The standard InChI is InChI=1S/C14H9ClFN3O/c15-12-8(4-3-5-9(12)16)13-11(14(17)20-19-13)10-6-1-2-7-18-10/h1-7H,17H2. The van der Waals surface area contributed by atoms with Gasteiger partial charge in [-0.2, -0.15) is 0 Å². The van der Waals surface area contributed by atoms with Gasteiger partial charge in [0.05, 0.1) is 16.3 Å². The first-order valence-electron chi connectivity index (χ1n) is 5.79. The van der Waals surface area contributed by atoms with Crippen molar-refractivity contribution in [3.05, 3.63) is 53.4 Å². The van der Waals surface area contributed by atoms with Crippen molar-refractivity contribution in [2.24, 2.45) is 0 Å². The summed E-state index contributed by atoms with van der Waals surface area (Å²) in [5, 5.41) is 3.84. The van der Waals surface area contributed by atoms with E-state index in [4.69, 9.17) is 21.9 Å². The summed E-state index contributed by atoms with van der Waals surface area (Å²) in [6.07, 6.45) is 1.62. The molecule has 0 unspecified atom stereocenters. The topological polar surface area (TPSA) is 64.9 Å². The van der Waals surface area contributed by atoms with Gasteiger partial charge in [0.25, 0.3) is 0 Å². The third kappa shape index (κ3) is 2.02. The SMILES string of the molecule is Nc1onc(-c2cccc(F)c2Cl)c1-c1ccccn1. The Kier molecular flexibility index (Phi) is 3.12. The van der Waals surface area contributed by atoms with Crippen LogP contribution in [0.15, 0.2) is 47.1 Å². The Morgan fingerprint density at radius 3 is 2.75 bits per heavy atom. The third-order valence-corrected chi connectivity index (χ3v) is 3.23. The number of hydrogen-bond acceptors (Lipinski definition) is 4. The fraction of sp³-hybridized carbons (Fsp3) is 0. The molecule has 0 saturated heterocycles. The zero-order chi connectivity index (χ0) is 14.1. The summed E-state index contributed by atoms with van der Waals surface area (Å²) in [5.41, 5.74) is 7.65. The third-order valence-electron chi connectivity index (χ3n) is 2.85. The first kappa shape index (κ1) is 12.6. The summed E-state index contributed by atoms with van der Waals surface area (Å²) in [6.45, 7) is 0. The molecule has 2 heterocycles. The molecule has 0 bridgehead atoms. The summed E-state index contributed by atoms with van der Waals surface area (Å²) in [5.74, 6) is -0.420. The van der Waals surface area contributed by atoms with Gasteiger partial charge in [-0.25, -0.2) is 4.39 Å². The zero-order valence-electron chi connectivity index (χ0n) is 10.2. The van der Waals surface area contributed by atoms with Gasteiger partial charge in [-0.3, -0.25) is 4.98 Å². The van der Waals surface area contributed by atoms with E-state index in [1.54, 1.807) is 30.5 Å². The van der Waals surface area contributed by atoms with Crippen molar-refractivity contribution in [3.8, 4) is 22.5 Å². The summed E-state index contributed by atoms with van der Waals surface area (Å²) in [4.78, 5) is 4.20. The van der Waals surface area contributed by atoms with Gasteiger partial charge >= 0.3 is 0 Å². The fourth-order valence-corrected chi connectivity index (χ4v) is 2.15. The Bertz CT molecular complexity index is 758. The number of nitrogens with two attached hydrogens (primary N) is 1. The minimum atomic E-state index is -0.530. The average molecular weight is 290 g/mol. The smallest absolute Gasteiger partial charge is 0.232 e. The van der Waals surface area contributed by atoms with Gasteiger partial charge in [-0.05, 0) is 18.2 Å². The molecule has 3 aromatic rings. The highest BCUT2D eigenvalue weighted by Gasteiger charge is 2.21. The van der Waals surface area contributed by atoms with E-state index in [-0.39, 0.29) is 10.9 Å². The van der Waals surface area contributed by atoms with Crippen molar-refractivity contribution in [3.63, 3.8) is 0 Å². The summed E-state index contributed by atoms with van der Waals surface area (Å²) >= 11 is 5.98. The Morgan fingerprint density at radius 2 is 2.00 bits per heavy atom. The van der Waals surface area contributed by atoms with Crippen molar-refractivity contribution < 1.29 is 8.91 Å². The molecule has 2 aromatic heterocycles. The first-order chi connectivity index (χ1) is 9.68. The molecule has 0 fully saturated rings. The van der Waals surface area contributed by atoms with Crippen LogP contribution in [0.3, 0.4) is 0 Å². The maximum Gasteiger partial charge on any atom is 0.232 e. The van der Waals surface area contributed by atoms with Crippen molar-refractivity contribution in [1.82, 2.24) is 10.1 Å². The van der Waals surface area contributed by atoms with E-state index >= 15 is 0 Å². The molecule has 0 aliphatic carbocycles. The van der Waals surface area contributed by atoms with Crippen LogP contribution in [0.1, 0.15) is 0 Å². The lowest BCUT2D eigenvalue weighted by atomic mass is 10.0. The molecular formula is C14H9ClFN3O. The predicted octanol–water partition coefficient (Wildman–Crippen LogP) is 3.78. The lowest BCUT2D eigenvalue weighted by molar-refractivity contribution is 0.439. The molecule has 6 heteroatoms. The lowest BCUT2D eigenvalue weighted by Gasteiger charge is -2.04. The molecule has 0 amide bonds. The Morgan fingerprint density at radius 1 is 1.15 bits per heavy atom. The Hall–Kier alpha value is -2.40. The number of benzene rings is 1. The van der Waals surface area contributed by atoms with Gasteiger partial charge in [0.1, 0.15) is 11.5 Å². The van der Waals surface area contributed by atoms with E-state index < -0.39 is 5.82 Å². The van der Waals surface area contributed by atoms with E-state index in [1.165, 1.54) is 6.07 Å². The predicted molar refractivity (Wildman–Crippen MR) is 74.6 cm³/mol. The molecule has 3 rings (SSSR count). The highest BCUT2D eigenvalue weighted by molar-refractivity contribution is 6.33. The fourth-order valence-electron chi connectivity index (χ4n) is 1.93. The second-order valence-electron chi connectivity index (χ2n) is 4.09. The summed E-state index contributed by atoms with van der Waals surface area (Å²) in [7, 11) is 0. The average Bonchev–Trinajstić information content (AvgIpc) is 2.84. The second kappa shape index (κ2) is 4.94. The van der Waals surface area contributed by atoms with Crippen LogP contribution in [0, 0.1) is 5.82 Å². The molecule has 2 N–H and O–H groups in total. The molecule has 0 aliphatic rings. The van der Waals surface area contributed by atoms with Gasteiger partial charge in [-0.15, -0.1) is 0 Å². The quantitative estimate of drug-likeness (QED) is 0.780. The molecular weight excluding hydrogens is 281 g/mol. The number of nitrogen functional groups attached to an aromatic ring is 1. The second-order valence-corrected chi connectivity index (χ2v) is 4.46. The van der Waals surface area contributed by atoms with E-state index in [2.05, 4.69) is 10.1 Å². The number of nitrogens with zero attached hydrogens (tertiary/aromatic N) is 2. The van der Waals surface area contributed by atoms with Gasteiger partial charge in [0.15, 0.2) is 0 Å². The molecule has 100 valence electrons. The van der Waals surface area contributed by atoms with Crippen LogP contribution in [0.5, 0.6) is 0 Å². The molecule has 0 aliphatic heterocycles. The minimum Gasteiger partial charge on any atom is -0.367 e. The molecule has 4 nitrogen and oxygen atoms in total. The lowest BCUT2D eigenvalue weighted by Crippen LogP contribution is -1.91. The number of aromatic nitrogens is 2. The van der Waals surface area contributed by atoms with Crippen LogP contribution in [0.2, 0.25) is 5.02 Å². The van der Waals surface area contributed by atoms with E-state index in [0.29, 0.717) is 22.5 Å². The van der Waals surface area contributed by atoms with Crippen LogP contribution < -0.4 is 5.73 Å². The summed E-state index contributed by atoms with van der Waals surface area (Å²) < 4.78 is 18.6. The summed E-state index contributed by atoms with van der Waals surface area (Å²) in [6, 6.07) is 9.82. The van der Waals surface area contributed by atoms with E-state index in [1.807, 2.05) is 6.07 Å². The molecule has 20 heavy (non-hydrogen) atoms. The van der Waals surface area contributed by atoms with Crippen LogP contribution in [0.25, 0.3) is 22.5 Å². The Balaban J connectivity index is 2.24. The van der Waals surface area contributed by atoms with Crippen molar-refractivity contribution in [1.29, 1.82) is 0 Å². The maximum absolute atomic E-state index is 13.6. The molecule has 0 radical (unpaired) electrons. The van der Waals surface area contributed by atoms with E-state index in [0.717, 1.165) is 0 Å². The van der Waals surface area contributed by atoms with Gasteiger partial charge in [0, 0.05) is 11.8 Å². The number of hydrogen-bond donors (Lipinski definition) is 1. The van der Waals surface area contributed by atoms with Crippen molar-refractivity contribution >= 4 is 17.5 Å². The highest BCUT2D eigenvalue weighted by Crippen LogP contribution is 2.38. The van der Waals surface area contributed by atoms with Crippen LogP contribution in [-0.2, 0) is 0 Å². The van der Waals surface area contributed by atoms with Gasteiger partial charge in [0.2, 0.25) is 5.88 Å². The molecule has 1 aromatic carbocycles. The van der Waals surface area contributed by atoms with Crippen molar-refractivity contribution in [2.75, 3.05) is 5.73 Å². The number of halogens is 2. The highest BCUT2D eigenvalue weighted by atomic mass is 35.5.